The van der Waals surface area contributed by atoms with Crippen LogP contribution in [0.5, 0.6) is 0 Å². The third-order valence-corrected chi connectivity index (χ3v) is 0.503. The van der Waals surface area contributed by atoms with Crippen LogP contribution in [0.25, 0.3) is 0 Å². The predicted octanol–water partition coefficient (Wildman–Crippen LogP) is 0.603. The molecule has 0 radical (unpaired) electrons. The number of thiol groups is 1. The van der Waals surface area contributed by atoms with Crippen molar-refractivity contribution >= 4 is 18.6 Å². The average molecular weight is 118 g/mol. The van der Waals surface area contributed by atoms with E-state index in [9.17, 15) is 4.79 Å². The van der Waals surface area contributed by atoms with E-state index in [-0.39, 0.29) is 5.94 Å². The minimum absolute atomic E-state index is 0.116. The van der Waals surface area contributed by atoms with Gasteiger partial charge in [0.05, 0.1) is 0 Å². The minimum Gasteiger partial charge on any atom is -0.452 e. The van der Waals surface area contributed by atoms with Crippen molar-refractivity contribution in [2.45, 2.75) is 0 Å². The average Bonchev–Trinajstić information content (AvgIpc) is 1.68. The molecule has 0 rings (SSSR count). The lowest BCUT2D eigenvalue weighted by molar-refractivity contribution is -0.135. The van der Waals surface area contributed by atoms with Gasteiger partial charge < -0.3 is 4.74 Å². The molecule has 0 aliphatic rings. The largest absolute Gasteiger partial charge is 0.452 e. The van der Waals surface area contributed by atoms with Crippen LogP contribution in [0, 0.1) is 0 Å². The third-order valence-electron chi connectivity index (χ3n) is 0.373. The van der Waals surface area contributed by atoms with Gasteiger partial charge in [-0.15, -0.1) is 12.6 Å². The highest BCUT2D eigenvalue weighted by Crippen LogP contribution is 1.79. The van der Waals surface area contributed by atoms with E-state index in [1.54, 1.807) is 0 Å². The SMILES string of the molecule is C=CC(=O)OCS. The van der Waals surface area contributed by atoms with Crippen LogP contribution in [0.15, 0.2) is 12.7 Å². The molecule has 0 saturated heterocycles. The Morgan fingerprint density at radius 3 is 2.71 bits per heavy atom. The topological polar surface area (TPSA) is 26.3 Å². The second-order valence-corrected chi connectivity index (χ2v) is 1.05. The molecular weight excluding hydrogens is 112 g/mol. The van der Waals surface area contributed by atoms with Crippen LogP contribution in [-0.2, 0) is 9.53 Å². The summed E-state index contributed by atoms with van der Waals surface area (Å²) in [4.78, 5) is 10.0. The van der Waals surface area contributed by atoms with Crippen LogP contribution in [-0.4, -0.2) is 11.9 Å². The van der Waals surface area contributed by atoms with E-state index in [0.29, 0.717) is 0 Å². The monoisotopic (exact) mass is 118 g/mol. The lowest BCUT2D eigenvalue weighted by Crippen LogP contribution is -1.95. The van der Waals surface area contributed by atoms with Crippen molar-refractivity contribution in [3.05, 3.63) is 12.7 Å². The van der Waals surface area contributed by atoms with E-state index in [2.05, 4.69) is 23.9 Å². The van der Waals surface area contributed by atoms with E-state index >= 15 is 0 Å². The summed E-state index contributed by atoms with van der Waals surface area (Å²) in [5, 5.41) is 0. The maximum absolute atomic E-state index is 10.0. The molecule has 0 unspecified atom stereocenters. The van der Waals surface area contributed by atoms with Crippen molar-refractivity contribution in [3.63, 3.8) is 0 Å². The zero-order valence-corrected chi connectivity index (χ0v) is 4.65. The highest BCUT2D eigenvalue weighted by molar-refractivity contribution is 7.80. The summed E-state index contributed by atoms with van der Waals surface area (Å²) in [5.41, 5.74) is 0. The number of ether oxygens (including phenoxy) is 1. The molecule has 0 aliphatic carbocycles. The number of hydrogen-bond donors (Lipinski definition) is 1. The Morgan fingerprint density at radius 1 is 2.00 bits per heavy atom. The first-order valence-corrected chi connectivity index (χ1v) is 2.34. The fraction of sp³-hybridized carbons (Fsp3) is 0.250. The molecule has 0 aromatic heterocycles. The van der Waals surface area contributed by atoms with Gasteiger partial charge >= 0.3 is 5.97 Å². The van der Waals surface area contributed by atoms with Gasteiger partial charge in [0, 0.05) is 6.08 Å². The smallest absolute Gasteiger partial charge is 0.330 e. The number of hydrogen-bond acceptors (Lipinski definition) is 3. The standard InChI is InChI=1S/C4H6O2S/c1-2-4(5)6-3-7/h2,7H,1,3H2. The molecule has 0 atom stereocenters. The summed E-state index contributed by atoms with van der Waals surface area (Å²) in [5.74, 6) is -0.319. The van der Waals surface area contributed by atoms with Crippen LogP contribution in [0.3, 0.4) is 0 Å². The molecule has 0 heterocycles. The molecule has 7 heavy (non-hydrogen) atoms. The molecule has 0 aromatic carbocycles. The Bertz CT molecular complexity index is 79.8. The maximum Gasteiger partial charge on any atom is 0.330 e. The Hall–Kier alpha value is -0.440. The Balaban J connectivity index is 3.17. The van der Waals surface area contributed by atoms with Gasteiger partial charge in [-0.2, -0.15) is 0 Å². The van der Waals surface area contributed by atoms with E-state index in [4.69, 9.17) is 0 Å². The zero-order valence-electron chi connectivity index (χ0n) is 3.76. The molecule has 0 saturated carbocycles. The normalized spacial score (nSPS) is 7.57. The highest BCUT2D eigenvalue weighted by atomic mass is 32.1. The number of esters is 1. The van der Waals surface area contributed by atoms with Gasteiger partial charge in [0.1, 0.15) is 5.94 Å². The first-order chi connectivity index (χ1) is 3.31. The minimum atomic E-state index is -0.435. The third kappa shape index (κ3) is 3.39. The van der Waals surface area contributed by atoms with Crippen LogP contribution >= 0.6 is 12.6 Å². The van der Waals surface area contributed by atoms with Crippen molar-refractivity contribution in [2.24, 2.45) is 0 Å². The fourth-order valence-corrected chi connectivity index (χ4v) is 0.250. The highest BCUT2D eigenvalue weighted by Gasteiger charge is 1.87. The quantitative estimate of drug-likeness (QED) is 0.249. The molecule has 2 nitrogen and oxygen atoms in total. The van der Waals surface area contributed by atoms with Gasteiger partial charge in [0.25, 0.3) is 0 Å². The number of rotatable bonds is 2. The summed E-state index contributed by atoms with van der Waals surface area (Å²) < 4.78 is 4.30. The summed E-state index contributed by atoms with van der Waals surface area (Å²) in [6.07, 6.45) is 1.09. The molecule has 0 aromatic rings. The number of carbonyl (C=O) groups excluding carboxylic acids is 1. The van der Waals surface area contributed by atoms with Gasteiger partial charge in [0.15, 0.2) is 0 Å². The molecule has 0 aliphatic heterocycles. The van der Waals surface area contributed by atoms with Crippen LogP contribution in [0.1, 0.15) is 0 Å². The Morgan fingerprint density at radius 2 is 2.57 bits per heavy atom. The summed E-state index contributed by atoms with van der Waals surface area (Å²) >= 11 is 3.62. The zero-order chi connectivity index (χ0) is 5.70. The first-order valence-electron chi connectivity index (χ1n) is 1.71. The molecule has 0 bridgehead atoms. The second-order valence-electron chi connectivity index (χ2n) is 0.797. The van der Waals surface area contributed by atoms with E-state index < -0.39 is 5.97 Å². The Kier molecular flexibility index (Phi) is 3.50. The molecule has 0 spiro atoms. The summed E-state index contributed by atoms with van der Waals surface area (Å²) in [6, 6.07) is 0. The van der Waals surface area contributed by atoms with Gasteiger partial charge in [-0.1, -0.05) is 6.58 Å². The van der Waals surface area contributed by atoms with Crippen LogP contribution in [0.4, 0.5) is 0 Å². The summed E-state index contributed by atoms with van der Waals surface area (Å²) in [6.45, 7) is 3.17. The fourth-order valence-electron chi connectivity index (χ4n) is 0.123. The van der Waals surface area contributed by atoms with Gasteiger partial charge in [-0.3, -0.25) is 0 Å². The second kappa shape index (κ2) is 3.74. The predicted molar refractivity (Wildman–Crippen MR) is 30.1 cm³/mol. The molecule has 40 valence electrons. The molecule has 0 fully saturated rings. The van der Waals surface area contributed by atoms with Crippen molar-refractivity contribution in [3.8, 4) is 0 Å². The van der Waals surface area contributed by atoms with Crippen molar-refractivity contribution in [1.82, 2.24) is 0 Å². The Labute approximate surface area is 47.6 Å². The van der Waals surface area contributed by atoms with Crippen LogP contribution in [0.2, 0.25) is 0 Å². The molecule has 0 amide bonds. The molecular formula is C4H6O2S. The van der Waals surface area contributed by atoms with Gasteiger partial charge in [-0.25, -0.2) is 4.79 Å². The van der Waals surface area contributed by atoms with E-state index in [1.807, 2.05) is 0 Å². The maximum atomic E-state index is 10.0. The van der Waals surface area contributed by atoms with Gasteiger partial charge in [-0.05, 0) is 0 Å². The molecule has 3 heteroatoms. The lowest BCUT2D eigenvalue weighted by atomic mass is 10.7. The van der Waals surface area contributed by atoms with Crippen molar-refractivity contribution in [1.29, 1.82) is 0 Å². The van der Waals surface area contributed by atoms with E-state index in [1.165, 1.54) is 0 Å². The molecule has 0 N–H and O–H groups in total. The van der Waals surface area contributed by atoms with Gasteiger partial charge in [0.2, 0.25) is 0 Å². The van der Waals surface area contributed by atoms with E-state index in [0.717, 1.165) is 6.08 Å². The van der Waals surface area contributed by atoms with Crippen molar-refractivity contribution in [2.75, 3.05) is 5.94 Å². The van der Waals surface area contributed by atoms with Crippen LogP contribution < -0.4 is 0 Å². The number of carbonyl (C=O) groups is 1. The van der Waals surface area contributed by atoms with Crippen molar-refractivity contribution < 1.29 is 9.53 Å². The lowest BCUT2D eigenvalue weighted by Gasteiger charge is -1.90. The summed E-state index contributed by atoms with van der Waals surface area (Å²) in [7, 11) is 0. The first kappa shape index (κ1) is 6.56.